The van der Waals surface area contributed by atoms with Crippen LogP contribution in [0.2, 0.25) is 0 Å². The van der Waals surface area contributed by atoms with Gasteiger partial charge < -0.3 is 20.3 Å². The maximum absolute atomic E-state index is 12.5. The normalized spacial score (nSPS) is 19.9. The van der Waals surface area contributed by atoms with E-state index in [0.29, 0.717) is 25.7 Å². The topological polar surface area (TPSA) is 79.1 Å². The number of carbonyl (C=O) groups excluding carboxylic acids is 2. The summed E-state index contributed by atoms with van der Waals surface area (Å²) in [5, 5.41) is 0. The quantitative estimate of drug-likeness (QED) is 0.695. The molecule has 1 unspecified atom stereocenters. The van der Waals surface area contributed by atoms with E-state index in [2.05, 4.69) is 4.90 Å². The van der Waals surface area contributed by atoms with Gasteiger partial charge in [0, 0.05) is 46.4 Å². The van der Waals surface area contributed by atoms with Crippen molar-refractivity contribution in [1.82, 2.24) is 14.7 Å². The molecule has 2 rings (SSSR count). The fraction of sp³-hybridized carbons (Fsp3) is 0.882. The van der Waals surface area contributed by atoms with Crippen LogP contribution in [0.3, 0.4) is 0 Å². The lowest BCUT2D eigenvalue weighted by Gasteiger charge is -2.37. The molecule has 1 saturated carbocycles. The van der Waals surface area contributed by atoms with Crippen molar-refractivity contribution in [1.29, 1.82) is 0 Å². The second-order valence-corrected chi connectivity index (χ2v) is 6.96. The van der Waals surface area contributed by atoms with Crippen molar-refractivity contribution < 1.29 is 14.3 Å². The van der Waals surface area contributed by atoms with Crippen LogP contribution in [0.5, 0.6) is 0 Å². The molecule has 1 saturated heterocycles. The smallest absolute Gasteiger partial charge is 0.241 e. The third kappa shape index (κ3) is 7.19. The SMILES string of the molecule is COCC(N)C(=O)N1CCN(CC(=O)N(C)C2CCCCC2)CC1.Cl.Cl. The van der Waals surface area contributed by atoms with Gasteiger partial charge in [0.05, 0.1) is 13.2 Å². The molecule has 9 heteroatoms. The number of hydrogen-bond donors (Lipinski definition) is 1. The molecule has 7 nitrogen and oxygen atoms in total. The van der Waals surface area contributed by atoms with Gasteiger partial charge >= 0.3 is 0 Å². The van der Waals surface area contributed by atoms with Gasteiger partial charge in [-0.25, -0.2) is 0 Å². The first-order chi connectivity index (χ1) is 11.5. The summed E-state index contributed by atoms with van der Waals surface area (Å²) in [5.41, 5.74) is 5.81. The highest BCUT2D eigenvalue weighted by Crippen LogP contribution is 2.21. The van der Waals surface area contributed by atoms with Crippen LogP contribution >= 0.6 is 24.8 Å². The first-order valence-corrected chi connectivity index (χ1v) is 9.04. The molecule has 0 aromatic rings. The van der Waals surface area contributed by atoms with E-state index in [4.69, 9.17) is 10.5 Å². The van der Waals surface area contributed by atoms with Gasteiger partial charge in [-0.2, -0.15) is 0 Å². The first-order valence-electron chi connectivity index (χ1n) is 9.04. The summed E-state index contributed by atoms with van der Waals surface area (Å²) in [5.74, 6) is 0.125. The van der Waals surface area contributed by atoms with Crippen molar-refractivity contribution in [3.8, 4) is 0 Å². The molecule has 26 heavy (non-hydrogen) atoms. The maximum atomic E-state index is 12.5. The van der Waals surface area contributed by atoms with Crippen LogP contribution in [0, 0.1) is 0 Å². The van der Waals surface area contributed by atoms with E-state index < -0.39 is 6.04 Å². The summed E-state index contributed by atoms with van der Waals surface area (Å²) in [7, 11) is 3.47. The van der Waals surface area contributed by atoms with Gasteiger partial charge in [-0.05, 0) is 12.8 Å². The molecule has 1 atom stereocenters. The molecular weight excluding hydrogens is 379 g/mol. The Morgan fingerprint density at radius 3 is 2.23 bits per heavy atom. The lowest BCUT2D eigenvalue weighted by molar-refractivity contribution is -0.137. The molecule has 2 fully saturated rings. The van der Waals surface area contributed by atoms with Gasteiger partial charge in [0.25, 0.3) is 0 Å². The molecule has 0 radical (unpaired) electrons. The first kappa shape index (κ1) is 25.4. The molecule has 1 aliphatic heterocycles. The minimum absolute atomic E-state index is 0. The van der Waals surface area contributed by atoms with Crippen LogP contribution in [0.15, 0.2) is 0 Å². The predicted molar refractivity (Wildman–Crippen MR) is 107 cm³/mol. The number of ether oxygens (including phenoxy) is 1. The Bertz CT molecular complexity index is 428. The van der Waals surface area contributed by atoms with E-state index in [1.54, 1.807) is 12.0 Å². The van der Waals surface area contributed by atoms with Crippen molar-refractivity contribution >= 4 is 36.6 Å². The van der Waals surface area contributed by atoms with Crippen LogP contribution < -0.4 is 5.73 Å². The van der Waals surface area contributed by atoms with Gasteiger partial charge in [-0.15, -0.1) is 24.8 Å². The molecule has 1 heterocycles. The Labute approximate surface area is 169 Å². The van der Waals surface area contributed by atoms with Crippen LogP contribution in [0.1, 0.15) is 32.1 Å². The van der Waals surface area contributed by atoms with E-state index in [9.17, 15) is 9.59 Å². The number of nitrogens with zero attached hydrogens (tertiary/aromatic N) is 3. The average Bonchev–Trinajstić information content (AvgIpc) is 2.62. The number of carbonyl (C=O) groups is 2. The number of halogens is 2. The average molecular weight is 413 g/mol. The maximum Gasteiger partial charge on any atom is 0.241 e. The van der Waals surface area contributed by atoms with Crippen LogP contribution in [-0.2, 0) is 14.3 Å². The molecule has 0 spiro atoms. The van der Waals surface area contributed by atoms with E-state index in [-0.39, 0.29) is 43.2 Å². The summed E-state index contributed by atoms with van der Waals surface area (Å²) in [6, 6.07) is -0.193. The van der Waals surface area contributed by atoms with Gasteiger partial charge in [0.2, 0.25) is 11.8 Å². The Balaban J connectivity index is 0.00000312. The highest BCUT2D eigenvalue weighted by molar-refractivity contribution is 5.85. The molecule has 2 N–H and O–H groups in total. The second kappa shape index (κ2) is 12.7. The summed E-state index contributed by atoms with van der Waals surface area (Å²) in [4.78, 5) is 30.5. The number of methoxy groups -OCH3 is 1. The number of rotatable bonds is 6. The molecular formula is C17H34Cl2N4O3. The summed E-state index contributed by atoms with van der Waals surface area (Å²) < 4.78 is 4.94. The van der Waals surface area contributed by atoms with E-state index in [1.165, 1.54) is 19.3 Å². The fourth-order valence-electron chi connectivity index (χ4n) is 3.59. The Morgan fingerprint density at radius 1 is 1.12 bits per heavy atom. The van der Waals surface area contributed by atoms with E-state index >= 15 is 0 Å². The molecule has 154 valence electrons. The summed E-state index contributed by atoms with van der Waals surface area (Å²) >= 11 is 0. The lowest BCUT2D eigenvalue weighted by atomic mass is 9.94. The van der Waals surface area contributed by atoms with Gasteiger partial charge in [-0.3, -0.25) is 14.5 Å². The van der Waals surface area contributed by atoms with Crippen molar-refractivity contribution in [2.45, 2.75) is 44.2 Å². The van der Waals surface area contributed by atoms with E-state index in [0.717, 1.165) is 25.9 Å². The predicted octanol–water partition coefficient (Wildman–Crippen LogP) is 0.739. The van der Waals surface area contributed by atoms with Gasteiger partial charge in [-0.1, -0.05) is 19.3 Å². The number of amides is 2. The molecule has 1 aliphatic carbocycles. The minimum Gasteiger partial charge on any atom is -0.383 e. The van der Waals surface area contributed by atoms with Crippen molar-refractivity contribution in [2.75, 3.05) is 53.5 Å². The lowest BCUT2D eigenvalue weighted by Crippen LogP contribution is -2.55. The molecule has 2 amide bonds. The number of nitrogens with two attached hydrogens (primary N) is 1. The zero-order valence-corrected chi connectivity index (χ0v) is 17.5. The molecule has 0 aromatic heterocycles. The zero-order valence-electron chi connectivity index (χ0n) is 15.9. The van der Waals surface area contributed by atoms with Gasteiger partial charge in [0.1, 0.15) is 6.04 Å². The van der Waals surface area contributed by atoms with E-state index in [1.807, 2.05) is 11.9 Å². The summed E-state index contributed by atoms with van der Waals surface area (Å²) in [6.07, 6.45) is 6.00. The fourth-order valence-corrected chi connectivity index (χ4v) is 3.59. The third-order valence-electron chi connectivity index (χ3n) is 5.22. The van der Waals surface area contributed by atoms with Crippen LogP contribution in [0.4, 0.5) is 0 Å². The van der Waals surface area contributed by atoms with Crippen LogP contribution in [0.25, 0.3) is 0 Å². The minimum atomic E-state index is -0.597. The molecule has 0 bridgehead atoms. The largest absolute Gasteiger partial charge is 0.383 e. The molecule has 2 aliphatic rings. The Morgan fingerprint density at radius 2 is 1.69 bits per heavy atom. The highest BCUT2D eigenvalue weighted by atomic mass is 35.5. The third-order valence-corrected chi connectivity index (χ3v) is 5.22. The van der Waals surface area contributed by atoms with Crippen molar-refractivity contribution in [2.24, 2.45) is 5.73 Å². The Kier molecular flexibility index (Phi) is 12.4. The number of hydrogen-bond acceptors (Lipinski definition) is 5. The summed E-state index contributed by atoms with van der Waals surface area (Å²) in [6.45, 7) is 3.36. The van der Waals surface area contributed by atoms with Crippen molar-refractivity contribution in [3.63, 3.8) is 0 Å². The number of likely N-dealkylation sites (N-methyl/N-ethyl adjacent to an activating group) is 1. The highest BCUT2D eigenvalue weighted by Gasteiger charge is 2.28. The Hall–Kier alpha value is -0.600. The monoisotopic (exact) mass is 412 g/mol. The second-order valence-electron chi connectivity index (χ2n) is 6.96. The van der Waals surface area contributed by atoms with Crippen molar-refractivity contribution in [3.05, 3.63) is 0 Å². The van der Waals surface area contributed by atoms with Crippen LogP contribution in [-0.4, -0.2) is 92.1 Å². The molecule has 0 aromatic carbocycles. The van der Waals surface area contributed by atoms with Gasteiger partial charge in [0.15, 0.2) is 0 Å². The zero-order chi connectivity index (χ0) is 17.5. The standard InChI is InChI=1S/C17H32N4O3.2ClH/c1-19(14-6-4-3-5-7-14)16(22)12-20-8-10-21(11-9-20)17(23)15(18)13-24-2;;/h14-15H,3-13,18H2,1-2H3;2*1H. The number of piperazine rings is 1.